The molecule has 1 N–H and O–H groups in total. The molecular formula is C16H16N2O6S. The number of rotatable bonds is 7. The van der Waals surface area contributed by atoms with Crippen molar-refractivity contribution in [3.8, 4) is 11.5 Å². The fourth-order valence-electron chi connectivity index (χ4n) is 2.31. The van der Waals surface area contributed by atoms with Crippen molar-refractivity contribution >= 4 is 23.4 Å². The number of hydrogen-bond donors (Lipinski definition) is 1. The van der Waals surface area contributed by atoms with Gasteiger partial charge in [0, 0.05) is 18.4 Å². The summed E-state index contributed by atoms with van der Waals surface area (Å²) >= 11 is 1.59. The van der Waals surface area contributed by atoms with Crippen LogP contribution in [0, 0.1) is 10.1 Å². The summed E-state index contributed by atoms with van der Waals surface area (Å²) in [5.74, 6) is 2.33. The number of thioether (sulfide) groups is 1. The SMILES string of the molecule is O=C(NCCSCc1ccco1)c1cc2c(cc1[N+](=O)[O-])OCCO2. The van der Waals surface area contributed by atoms with Crippen molar-refractivity contribution in [3.63, 3.8) is 0 Å². The average Bonchev–Trinajstić information content (AvgIpc) is 3.13. The number of nitro benzene ring substituents is 1. The Balaban J connectivity index is 1.59. The summed E-state index contributed by atoms with van der Waals surface area (Å²) in [7, 11) is 0. The van der Waals surface area contributed by atoms with Crippen molar-refractivity contribution in [2.24, 2.45) is 0 Å². The highest BCUT2D eigenvalue weighted by atomic mass is 32.2. The van der Waals surface area contributed by atoms with E-state index in [2.05, 4.69) is 5.32 Å². The highest BCUT2D eigenvalue weighted by molar-refractivity contribution is 7.98. The number of furan rings is 1. The molecule has 1 aliphatic rings. The fraction of sp³-hybridized carbons (Fsp3) is 0.312. The highest BCUT2D eigenvalue weighted by Crippen LogP contribution is 2.36. The number of ether oxygens (including phenoxy) is 2. The van der Waals surface area contributed by atoms with Gasteiger partial charge in [-0.3, -0.25) is 14.9 Å². The first kappa shape index (κ1) is 17.2. The molecule has 0 saturated heterocycles. The predicted octanol–water partition coefficient (Wildman–Crippen LogP) is 2.62. The van der Waals surface area contributed by atoms with Crippen molar-refractivity contribution in [1.29, 1.82) is 0 Å². The Morgan fingerprint density at radius 1 is 1.28 bits per heavy atom. The number of nitrogens with one attached hydrogen (secondary N) is 1. The van der Waals surface area contributed by atoms with Crippen molar-refractivity contribution in [2.75, 3.05) is 25.5 Å². The molecule has 1 amide bonds. The molecule has 2 aromatic rings. The lowest BCUT2D eigenvalue weighted by molar-refractivity contribution is -0.385. The van der Waals surface area contributed by atoms with Crippen LogP contribution in [0.1, 0.15) is 16.1 Å². The highest BCUT2D eigenvalue weighted by Gasteiger charge is 2.26. The molecule has 0 fully saturated rings. The molecule has 2 heterocycles. The Hall–Kier alpha value is -2.68. The lowest BCUT2D eigenvalue weighted by Crippen LogP contribution is -2.27. The van der Waals surface area contributed by atoms with Gasteiger partial charge in [0.1, 0.15) is 24.5 Å². The van der Waals surface area contributed by atoms with E-state index in [1.54, 1.807) is 18.0 Å². The summed E-state index contributed by atoms with van der Waals surface area (Å²) in [6.45, 7) is 1.05. The van der Waals surface area contributed by atoms with E-state index in [1.807, 2.05) is 12.1 Å². The number of carbonyl (C=O) groups is 1. The standard InChI is InChI=1S/C16H16N2O6S/c19-16(17-3-7-25-10-11-2-1-4-22-11)12-8-14-15(24-6-5-23-14)9-13(12)18(20)21/h1-2,4,8-9H,3,5-7,10H2,(H,17,19). The van der Waals surface area contributed by atoms with Gasteiger partial charge in [0.15, 0.2) is 11.5 Å². The lowest BCUT2D eigenvalue weighted by atomic mass is 10.1. The van der Waals surface area contributed by atoms with E-state index in [-0.39, 0.29) is 17.0 Å². The van der Waals surface area contributed by atoms with Gasteiger partial charge in [-0.05, 0) is 12.1 Å². The van der Waals surface area contributed by atoms with Gasteiger partial charge in [-0.25, -0.2) is 0 Å². The third-order valence-corrected chi connectivity index (χ3v) is 4.44. The second kappa shape index (κ2) is 7.93. The molecule has 1 aromatic carbocycles. The lowest BCUT2D eigenvalue weighted by Gasteiger charge is -2.18. The van der Waals surface area contributed by atoms with Crippen LogP contribution in [0.25, 0.3) is 0 Å². The van der Waals surface area contributed by atoms with Gasteiger partial charge in [-0.2, -0.15) is 11.8 Å². The molecule has 0 atom stereocenters. The van der Waals surface area contributed by atoms with Gasteiger partial charge in [-0.1, -0.05) is 0 Å². The van der Waals surface area contributed by atoms with Crippen LogP contribution >= 0.6 is 11.8 Å². The Bertz CT molecular complexity index is 762. The van der Waals surface area contributed by atoms with E-state index in [0.717, 1.165) is 5.76 Å². The first-order valence-corrected chi connectivity index (χ1v) is 8.77. The fourth-order valence-corrected chi connectivity index (χ4v) is 3.07. The van der Waals surface area contributed by atoms with E-state index < -0.39 is 10.8 Å². The molecule has 0 spiro atoms. The van der Waals surface area contributed by atoms with Gasteiger partial charge >= 0.3 is 0 Å². The number of nitro groups is 1. The van der Waals surface area contributed by atoms with Crippen LogP contribution in [0.2, 0.25) is 0 Å². The van der Waals surface area contributed by atoms with Gasteiger partial charge in [0.2, 0.25) is 0 Å². The normalized spacial score (nSPS) is 12.6. The van der Waals surface area contributed by atoms with Crippen molar-refractivity contribution in [3.05, 3.63) is 52.0 Å². The van der Waals surface area contributed by atoms with Crippen molar-refractivity contribution < 1.29 is 23.6 Å². The molecule has 0 saturated carbocycles. The minimum atomic E-state index is -0.598. The molecule has 1 aromatic heterocycles. The maximum Gasteiger partial charge on any atom is 0.286 e. The first-order valence-electron chi connectivity index (χ1n) is 7.61. The van der Waals surface area contributed by atoms with Crippen LogP contribution in [0.15, 0.2) is 34.9 Å². The number of carbonyl (C=O) groups excluding carboxylic acids is 1. The van der Waals surface area contributed by atoms with Crippen LogP contribution in [0.5, 0.6) is 11.5 Å². The summed E-state index contributed by atoms with van der Waals surface area (Å²) in [5, 5.41) is 13.9. The summed E-state index contributed by atoms with van der Waals surface area (Å²) in [6, 6.07) is 6.29. The molecule has 132 valence electrons. The van der Waals surface area contributed by atoms with E-state index in [0.29, 0.717) is 37.0 Å². The maximum absolute atomic E-state index is 12.3. The quantitative estimate of drug-likeness (QED) is 0.457. The molecule has 0 aliphatic carbocycles. The van der Waals surface area contributed by atoms with Crippen LogP contribution in [0.4, 0.5) is 5.69 Å². The molecule has 0 radical (unpaired) electrons. The topological polar surface area (TPSA) is 104 Å². The molecule has 25 heavy (non-hydrogen) atoms. The third kappa shape index (κ3) is 4.24. The van der Waals surface area contributed by atoms with Crippen molar-refractivity contribution in [1.82, 2.24) is 5.32 Å². The van der Waals surface area contributed by atoms with Gasteiger partial charge in [-0.15, -0.1) is 0 Å². The second-order valence-electron chi connectivity index (χ2n) is 5.16. The molecule has 1 aliphatic heterocycles. The number of hydrogen-bond acceptors (Lipinski definition) is 7. The average molecular weight is 364 g/mol. The van der Waals surface area contributed by atoms with E-state index in [4.69, 9.17) is 13.9 Å². The minimum absolute atomic E-state index is 0.0368. The number of amides is 1. The van der Waals surface area contributed by atoms with Crippen molar-refractivity contribution in [2.45, 2.75) is 5.75 Å². The van der Waals surface area contributed by atoms with Gasteiger partial charge < -0.3 is 19.2 Å². The predicted molar refractivity (Wildman–Crippen MR) is 91.3 cm³/mol. The maximum atomic E-state index is 12.3. The van der Waals surface area contributed by atoms with Gasteiger partial charge in [0.25, 0.3) is 11.6 Å². The molecule has 3 rings (SSSR count). The zero-order chi connectivity index (χ0) is 17.6. The van der Waals surface area contributed by atoms with E-state index in [9.17, 15) is 14.9 Å². The molecular weight excluding hydrogens is 348 g/mol. The van der Waals surface area contributed by atoms with Crippen LogP contribution in [-0.2, 0) is 5.75 Å². The number of fused-ring (bicyclic) bond motifs is 1. The minimum Gasteiger partial charge on any atom is -0.486 e. The van der Waals surface area contributed by atoms with Crippen LogP contribution < -0.4 is 14.8 Å². The molecule has 0 unspecified atom stereocenters. The van der Waals surface area contributed by atoms with E-state index in [1.165, 1.54) is 12.1 Å². The monoisotopic (exact) mass is 364 g/mol. The Morgan fingerprint density at radius 2 is 2.04 bits per heavy atom. The number of benzene rings is 1. The zero-order valence-corrected chi connectivity index (χ0v) is 14.0. The second-order valence-corrected chi connectivity index (χ2v) is 6.26. The summed E-state index contributed by atoms with van der Waals surface area (Å²) in [4.78, 5) is 22.9. The largest absolute Gasteiger partial charge is 0.486 e. The molecule has 9 heteroatoms. The molecule has 8 nitrogen and oxygen atoms in total. The van der Waals surface area contributed by atoms with Gasteiger partial charge in [0.05, 0.1) is 23.0 Å². The smallest absolute Gasteiger partial charge is 0.286 e. The third-order valence-electron chi connectivity index (χ3n) is 3.46. The summed E-state index contributed by atoms with van der Waals surface area (Å²) < 4.78 is 15.9. The zero-order valence-electron chi connectivity index (χ0n) is 13.2. The number of nitrogens with zero attached hydrogens (tertiary/aromatic N) is 1. The van der Waals surface area contributed by atoms with E-state index >= 15 is 0 Å². The van der Waals surface area contributed by atoms with Crippen LogP contribution in [-0.4, -0.2) is 36.3 Å². The van der Waals surface area contributed by atoms with Crippen LogP contribution in [0.3, 0.4) is 0 Å². The molecule has 0 bridgehead atoms. The summed E-state index contributed by atoms with van der Waals surface area (Å²) in [5.41, 5.74) is -0.338. The Labute approximate surface area is 147 Å². The summed E-state index contributed by atoms with van der Waals surface area (Å²) in [6.07, 6.45) is 1.61. The Kier molecular flexibility index (Phi) is 5.44. The first-order chi connectivity index (χ1) is 12.1. The Morgan fingerprint density at radius 3 is 2.72 bits per heavy atom.